The number of anilines is 1. The first-order valence-corrected chi connectivity index (χ1v) is 8.87. The van der Waals surface area contributed by atoms with Crippen molar-refractivity contribution in [3.8, 4) is 5.75 Å². The SMILES string of the molecule is COc1ccc(NC(=O)C(NCc2cccnc2)c2ccccc2)cc1Cl. The molecule has 1 amide bonds. The van der Waals surface area contributed by atoms with Crippen molar-refractivity contribution in [1.29, 1.82) is 0 Å². The maximum absolute atomic E-state index is 12.9. The van der Waals surface area contributed by atoms with Gasteiger partial charge in [0.2, 0.25) is 5.91 Å². The van der Waals surface area contributed by atoms with Gasteiger partial charge in [0.1, 0.15) is 11.8 Å². The first kappa shape index (κ1) is 18.9. The average molecular weight is 382 g/mol. The minimum atomic E-state index is -0.521. The molecule has 1 aromatic heterocycles. The molecule has 1 unspecified atom stereocenters. The zero-order chi connectivity index (χ0) is 19.1. The number of carbonyl (C=O) groups is 1. The summed E-state index contributed by atoms with van der Waals surface area (Å²) >= 11 is 6.15. The summed E-state index contributed by atoms with van der Waals surface area (Å²) in [6.45, 7) is 0.518. The molecule has 0 saturated carbocycles. The topological polar surface area (TPSA) is 63.2 Å². The van der Waals surface area contributed by atoms with Crippen molar-refractivity contribution >= 4 is 23.2 Å². The molecule has 0 fully saturated rings. The number of halogens is 1. The van der Waals surface area contributed by atoms with Crippen LogP contribution in [0.5, 0.6) is 5.75 Å². The fourth-order valence-electron chi connectivity index (χ4n) is 2.69. The molecule has 3 rings (SSSR count). The number of aromatic nitrogens is 1. The second-order valence-corrected chi connectivity index (χ2v) is 6.33. The number of pyridine rings is 1. The van der Waals surface area contributed by atoms with E-state index >= 15 is 0 Å². The molecule has 5 nitrogen and oxygen atoms in total. The molecule has 138 valence electrons. The van der Waals surface area contributed by atoms with Gasteiger partial charge in [-0.1, -0.05) is 48.0 Å². The number of benzene rings is 2. The summed E-state index contributed by atoms with van der Waals surface area (Å²) in [5.74, 6) is 0.385. The van der Waals surface area contributed by atoms with Crippen molar-refractivity contribution in [2.75, 3.05) is 12.4 Å². The lowest BCUT2D eigenvalue weighted by atomic mass is 10.1. The van der Waals surface area contributed by atoms with Gasteiger partial charge in [-0.15, -0.1) is 0 Å². The van der Waals surface area contributed by atoms with Gasteiger partial charge in [-0.2, -0.15) is 0 Å². The van der Waals surface area contributed by atoms with Crippen LogP contribution < -0.4 is 15.4 Å². The van der Waals surface area contributed by atoms with Crippen LogP contribution in [0.4, 0.5) is 5.69 Å². The van der Waals surface area contributed by atoms with Gasteiger partial charge in [0.15, 0.2) is 0 Å². The molecule has 0 aliphatic heterocycles. The van der Waals surface area contributed by atoms with Crippen LogP contribution in [-0.4, -0.2) is 18.0 Å². The molecular weight excluding hydrogens is 362 g/mol. The molecule has 0 saturated heterocycles. The van der Waals surface area contributed by atoms with E-state index in [4.69, 9.17) is 16.3 Å². The van der Waals surface area contributed by atoms with E-state index in [1.54, 1.807) is 37.7 Å². The number of carbonyl (C=O) groups excluding carboxylic acids is 1. The third-order valence-corrected chi connectivity index (χ3v) is 4.34. The summed E-state index contributed by atoms with van der Waals surface area (Å²) in [6.07, 6.45) is 3.49. The maximum atomic E-state index is 12.9. The minimum Gasteiger partial charge on any atom is -0.495 e. The zero-order valence-corrected chi connectivity index (χ0v) is 15.6. The van der Waals surface area contributed by atoms with Crippen LogP contribution in [0, 0.1) is 0 Å². The highest BCUT2D eigenvalue weighted by atomic mass is 35.5. The van der Waals surface area contributed by atoms with Crippen LogP contribution in [0.25, 0.3) is 0 Å². The first-order chi connectivity index (χ1) is 13.2. The zero-order valence-electron chi connectivity index (χ0n) is 14.9. The van der Waals surface area contributed by atoms with Crippen LogP contribution >= 0.6 is 11.6 Å². The number of ether oxygens (including phenoxy) is 1. The van der Waals surface area contributed by atoms with Crippen molar-refractivity contribution < 1.29 is 9.53 Å². The van der Waals surface area contributed by atoms with E-state index in [9.17, 15) is 4.79 Å². The highest BCUT2D eigenvalue weighted by Crippen LogP contribution is 2.28. The van der Waals surface area contributed by atoms with Crippen LogP contribution in [0.3, 0.4) is 0 Å². The quantitative estimate of drug-likeness (QED) is 0.643. The summed E-state index contributed by atoms with van der Waals surface area (Å²) in [4.78, 5) is 17.0. The minimum absolute atomic E-state index is 0.175. The lowest BCUT2D eigenvalue weighted by Gasteiger charge is -2.19. The summed E-state index contributed by atoms with van der Waals surface area (Å²) in [5, 5.41) is 6.65. The Hall–Kier alpha value is -2.89. The summed E-state index contributed by atoms with van der Waals surface area (Å²) in [5.41, 5.74) is 2.48. The maximum Gasteiger partial charge on any atom is 0.246 e. The van der Waals surface area contributed by atoms with E-state index < -0.39 is 6.04 Å². The third-order valence-electron chi connectivity index (χ3n) is 4.05. The van der Waals surface area contributed by atoms with E-state index in [1.807, 2.05) is 42.5 Å². The molecule has 2 aromatic carbocycles. The molecule has 6 heteroatoms. The number of methoxy groups -OCH3 is 1. The lowest BCUT2D eigenvalue weighted by molar-refractivity contribution is -0.118. The van der Waals surface area contributed by atoms with E-state index in [0.717, 1.165) is 11.1 Å². The van der Waals surface area contributed by atoms with Gasteiger partial charge >= 0.3 is 0 Å². The van der Waals surface area contributed by atoms with Crippen molar-refractivity contribution in [1.82, 2.24) is 10.3 Å². The number of nitrogens with zero attached hydrogens (tertiary/aromatic N) is 1. The predicted molar refractivity (Wildman–Crippen MR) is 107 cm³/mol. The lowest BCUT2D eigenvalue weighted by Crippen LogP contribution is -2.32. The van der Waals surface area contributed by atoms with Gasteiger partial charge in [0.25, 0.3) is 0 Å². The Bertz CT molecular complexity index is 888. The Labute approximate surface area is 163 Å². The van der Waals surface area contributed by atoms with E-state index in [-0.39, 0.29) is 5.91 Å². The largest absolute Gasteiger partial charge is 0.495 e. The fourth-order valence-corrected chi connectivity index (χ4v) is 2.95. The molecule has 0 aliphatic rings. The monoisotopic (exact) mass is 381 g/mol. The van der Waals surface area contributed by atoms with Gasteiger partial charge in [0.05, 0.1) is 12.1 Å². The Morgan fingerprint density at radius 1 is 1.15 bits per heavy atom. The second-order valence-electron chi connectivity index (χ2n) is 5.92. The Balaban J connectivity index is 1.77. The number of nitrogens with one attached hydrogen (secondary N) is 2. The summed E-state index contributed by atoms with van der Waals surface area (Å²) in [6, 6.07) is 18.0. The molecular formula is C21H20ClN3O2. The molecule has 27 heavy (non-hydrogen) atoms. The molecule has 1 heterocycles. The average Bonchev–Trinajstić information content (AvgIpc) is 2.70. The van der Waals surface area contributed by atoms with Gasteiger partial charge in [-0.05, 0) is 35.4 Å². The Kier molecular flexibility index (Phi) is 6.41. The van der Waals surface area contributed by atoms with E-state index in [1.165, 1.54) is 0 Å². The summed E-state index contributed by atoms with van der Waals surface area (Å²) in [7, 11) is 1.55. The van der Waals surface area contributed by atoms with Crippen molar-refractivity contribution in [3.63, 3.8) is 0 Å². The van der Waals surface area contributed by atoms with Crippen molar-refractivity contribution in [3.05, 3.63) is 89.2 Å². The molecule has 3 aromatic rings. The van der Waals surface area contributed by atoms with Crippen LogP contribution in [0.1, 0.15) is 17.2 Å². The van der Waals surface area contributed by atoms with Gasteiger partial charge in [0, 0.05) is 24.6 Å². The predicted octanol–water partition coefficient (Wildman–Crippen LogP) is 4.21. The number of amides is 1. The van der Waals surface area contributed by atoms with Crippen molar-refractivity contribution in [2.45, 2.75) is 12.6 Å². The van der Waals surface area contributed by atoms with Crippen LogP contribution in [-0.2, 0) is 11.3 Å². The highest BCUT2D eigenvalue weighted by Gasteiger charge is 2.20. The van der Waals surface area contributed by atoms with Crippen molar-refractivity contribution in [2.24, 2.45) is 0 Å². The Morgan fingerprint density at radius 3 is 2.63 bits per heavy atom. The number of hydrogen-bond acceptors (Lipinski definition) is 4. The number of rotatable bonds is 7. The molecule has 0 radical (unpaired) electrons. The van der Waals surface area contributed by atoms with Gasteiger partial charge < -0.3 is 10.1 Å². The van der Waals surface area contributed by atoms with Gasteiger partial charge in [-0.25, -0.2) is 0 Å². The molecule has 0 bridgehead atoms. The molecule has 2 N–H and O–H groups in total. The molecule has 0 spiro atoms. The van der Waals surface area contributed by atoms with Crippen LogP contribution in [0.2, 0.25) is 5.02 Å². The first-order valence-electron chi connectivity index (χ1n) is 8.49. The molecule has 1 atom stereocenters. The summed E-state index contributed by atoms with van der Waals surface area (Å²) < 4.78 is 5.15. The number of hydrogen-bond donors (Lipinski definition) is 2. The Morgan fingerprint density at radius 2 is 1.96 bits per heavy atom. The second kappa shape index (κ2) is 9.16. The highest BCUT2D eigenvalue weighted by molar-refractivity contribution is 6.32. The third kappa shape index (κ3) is 5.06. The fraction of sp³-hybridized carbons (Fsp3) is 0.143. The smallest absolute Gasteiger partial charge is 0.246 e. The van der Waals surface area contributed by atoms with E-state index in [0.29, 0.717) is 23.0 Å². The standard InChI is InChI=1S/C21H20ClN3O2/c1-27-19-10-9-17(12-18(19)22)25-21(26)20(16-7-3-2-4-8-16)24-14-15-6-5-11-23-13-15/h2-13,20,24H,14H2,1H3,(H,25,26). The normalized spacial score (nSPS) is 11.6. The molecule has 0 aliphatic carbocycles. The van der Waals surface area contributed by atoms with Gasteiger partial charge in [-0.3, -0.25) is 15.1 Å². The van der Waals surface area contributed by atoms with Crippen LogP contribution in [0.15, 0.2) is 73.1 Å². The van der Waals surface area contributed by atoms with E-state index in [2.05, 4.69) is 15.6 Å².